The van der Waals surface area contributed by atoms with E-state index in [1.54, 1.807) is 6.07 Å². The maximum atomic E-state index is 12.1. The van der Waals surface area contributed by atoms with Gasteiger partial charge in [0.25, 0.3) is 5.56 Å². The first-order chi connectivity index (χ1) is 11.5. The summed E-state index contributed by atoms with van der Waals surface area (Å²) in [4.78, 5) is 30.7. The van der Waals surface area contributed by atoms with Crippen LogP contribution in [0, 0.1) is 0 Å². The van der Waals surface area contributed by atoms with Crippen LogP contribution in [-0.4, -0.2) is 21.6 Å². The molecule has 0 unspecified atom stereocenters. The number of thioether (sulfide) groups is 1. The number of carbonyl (C=O) groups excluding carboxylic acids is 1. The van der Waals surface area contributed by atoms with Gasteiger partial charge in [0.05, 0.1) is 11.8 Å². The summed E-state index contributed by atoms with van der Waals surface area (Å²) in [6.45, 7) is 3.93. The van der Waals surface area contributed by atoms with Gasteiger partial charge in [0, 0.05) is 16.8 Å². The van der Waals surface area contributed by atoms with Gasteiger partial charge in [0.1, 0.15) is 0 Å². The molecule has 1 aromatic heterocycles. The molecule has 5 nitrogen and oxygen atoms in total. The summed E-state index contributed by atoms with van der Waals surface area (Å²) >= 11 is 7.18. The molecule has 0 aliphatic heterocycles. The molecule has 0 aliphatic carbocycles. The van der Waals surface area contributed by atoms with Crippen molar-refractivity contribution in [3.05, 3.63) is 57.0 Å². The Balaban J connectivity index is 1.92. The number of carbonyl (C=O) groups is 1. The van der Waals surface area contributed by atoms with Crippen molar-refractivity contribution in [2.45, 2.75) is 37.9 Å². The molecular weight excluding hydrogens is 346 g/mol. The lowest BCUT2D eigenvalue weighted by atomic mass is 10.1. The molecule has 0 fully saturated rings. The Hall–Kier alpha value is -1.79. The number of rotatable bonds is 7. The first-order valence-electron chi connectivity index (χ1n) is 7.75. The Morgan fingerprint density at radius 2 is 2.21 bits per heavy atom. The fraction of sp³-hybridized carbons (Fsp3) is 0.353. The highest BCUT2D eigenvalue weighted by Crippen LogP contribution is 2.18. The van der Waals surface area contributed by atoms with Gasteiger partial charge in [0.15, 0.2) is 5.16 Å². The number of benzene rings is 1. The average molecular weight is 366 g/mol. The van der Waals surface area contributed by atoms with Crippen molar-refractivity contribution in [3.8, 4) is 0 Å². The quantitative estimate of drug-likeness (QED) is 0.583. The molecule has 0 saturated heterocycles. The number of amides is 1. The zero-order chi connectivity index (χ0) is 17.5. The summed E-state index contributed by atoms with van der Waals surface area (Å²) in [5.41, 5.74) is 1.50. The second-order valence-corrected chi connectivity index (χ2v) is 6.83. The fourth-order valence-electron chi connectivity index (χ4n) is 2.21. The molecule has 2 rings (SSSR count). The molecule has 2 N–H and O–H groups in total. The summed E-state index contributed by atoms with van der Waals surface area (Å²) in [6.07, 6.45) is 1.66. The first-order valence-corrected chi connectivity index (χ1v) is 9.12. The number of hydrogen-bond donors (Lipinski definition) is 2. The van der Waals surface area contributed by atoms with Crippen molar-refractivity contribution < 1.29 is 4.79 Å². The number of hydrogen-bond acceptors (Lipinski definition) is 4. The minimum absolute atomic E-state index is 0.129. The largest absolute Gasteiger partial charge is 0.349 e. The van der Waals surface area contributed by atoms with Crippen LogP contribution in [0.15, 0.2) is 40.3 Å². The molecule has 1 atom stereocenters. The van der Waals surface area contributed by atoms with Gasteiger partial charge in [-0.1, -0.05) is 48.8 Å². The number of aryl methyl sites for hydroxylation is 1. The number of aromatic amines is 1. The van der Waals surface area contributed by atoms with E-state index in [0.29, 0.717) is 10.2 Å². The van der Waals surface area contributed by atoms with Crippen molar-refractivity contribution in [1.29, 1.82) is 0 Å². The normalized spacial score (nSPS) is 12.0. The molecule has 0 radical (unpaired) electrons. The van der Waals surface area contributed by atoms with Gasteiger partial charge in [-0.15, -0.1) is 0 Å². The third-order valence-corrected chi connectivity index (χ3v) is 4.45. The SMILES string of the molecule is CCCc1cc(=O)[nH]c(SCC(=O)N[C@H](C)c2cccc(Cl)c2)n1. The molecule has 0 spiro atoms. The van der Waals surface area contributed by atoms with Gasteiger partial charge >= 0.3 is 0 Å². The molecule has 24 heavy (non-hydrogen) atoms. The maximum absolute atomic E-state index is 12.1. The second kappa shape index (κ2) is 8.89. The van der Waals surface area contributed by atoms with Gasteiger partial charge in [-0.05, 0) is 31.0 Å². The van der Waals surface area contributed by atoms with E-state index in [-0.39, 0.29) is 23.3 Å². The molecule has 1 heterocycles. The topological polar surface area (TPSA) is 74.8 Å². The standard InChI is InChI=1S/C17H20ClN3O2S/c1-3-5-14-9-15(22)21-17(20-14)24-10-16(23)19-11(2)12-6-4-7-13(18)8-12/h4,6-9,11H,3,5,10H2,1-2H3,(H,19,23)(H,20,21,22)/t11-/m1/s1. The highest BCUT2D eigenvalue weighted by atomic mass is 35.5. The van der Waals surface area contributed by atoms with Crippen LogP contribution in [-0.2, 0) is 11.2 Å². The predicted molar refractivity (Wildman–Crippen MR) is 97.6 cm³/mol. The van der Waals surface area contributed by atoms with Crippen molar-refractivity contribution in [3.63, 3.8) is 0 Å². The number of nitrogens with zero attached hydrogens (tertiary/aromatic N) is 1. The molecule has 2 aromatic rings. The smallest absolute Gasteiger partial charge is 0.251 e. The Bertz CT molecular complexity index is 763. The van der Waals surface area contributed by atoms with E-state index in [4.69, 9.17) is 11.6 Å². The van der Waals surface area contributed by atoms with Gasteiger partial charge < -0.3 is 10.3 Å². The monoisotopic (exact) mass is 365 g/mol. The molecule has 0 bridgehead atoms. The van der Waals surface area contributed by atoms with E-state index in [0.717, 1.165) is 24.1 Å². The van der Waals surface area contributed by atoms with Crippen LogP contribution in [0.1, 0.15) is 37.6 Å². The molecule has 1 amide bonds. The minimum atomic E-state index is -0.191. The number of aromatic nitrogens is 2. The van der Waals surface area contributed by atoms with Crippen LogP contribution in [0.5, 0.6) is 0 Å². The van der Waals surface area contributed by atoms with Crippen LogP contribution in [0.25, 0.3) is 0 Å². The number of halogens is 1. The fourth-order valence-corrected chi connectivity index (χ4v) is 3.12. The number of nitrogens with one attached hydrogen (secondary N) is 2. The Kier molecular flexibility index (Phi) is 6.87. The van der Waals surface area contributed by atoms with Crippen molar-refractivity contribution in [2.24, 2.45) is 0 Å². The maximum Gasteiger partial charge on any atom is 0.251 e. The average Bonchev–Trinajstić information content (AvgIpc) is 2.53. The van der Waals surface area contributed by atoms with Crippen molar-refractivity contribution in [1.82, 2.24) is 15.3 Å². The molecule has 7 heteroatoms. The van der Waals surface area contributed by atoms with Gasteiger partial charge in [0.2, 0.25) is 5.91 Å². The zero-order valence-electron chi connectivity index (χ0n) is 13.6. The van der Waals surface area contributed by atoms with Crippen molar-refractivity contribution in [2.75, 3.05) is 5.75 Å². The summed E-state index contributed by atoms with van der Waals surface area (Å²) in [6, 6.07) is 8.73. The molecule has 1 aromatic carbocycles. The second-order valence-electron chi connectivity index (χ2n) is 5.42. The summed E-state index contributed by atoms with van der Waals surface area (Å²) in [7, 11) is 0. The Morgan fingerprint density at radius 1 is 1.42 bits per heavy atom. The van der Waals surface area contributed by atoms with Crippen LogP contribution in [0.2, 0.25) is 5.02 Å². The van der Waals surface area contributed by atoms with Gasteiger partial charge in [-0.25, -0.2) is 4.98 Å². The van der Waals surface area contributed by atoms with Crippen LogP contribution in [0.3, 0.4) is 0 Å². The van der Waals surface area contributed by atoms with E-state index in [2.05, 4.69) is 15.3 Å². The first kappa shape index (κ1) is 18.5. The van der Waals surface area contributed by atoms with E-state index in [1.165, 1.54) is 17.8 Å². The number of H-pyrrole nitrogens is 1. The Morgan fingerprint density at radius 3 is 2.92 bits per heavy atom. The highest BCUT2D eigenvalue weighted by molar-refractivity contribution is 7.99. The van der Waals surface area contributed by atoms with Crippen molar-refractivity contribution >= 4 is 29.3 Å². The van der Waals surface area contributed by atoms with Gasteiger partial charge in [-0.3, -0.25) is 9.59 Å². The molecular formula is C17H20ClN3O2S. The summed E-state index contributed by atoms with van der Waals surface area (Å²) < 4.78 is 0. The van der Waals surface area contributed by atoms with E-state index in [9.17, 15) is 9.59 Å². The van der Waals surface area contributed by atoms with Crippen LogP contribution < -0.4 is 10.9 Å². The van der Waals surface area contributed by atoms with Crippen LogP contribution in [0.4, 0.5) is 0 Å². The lowest BCUT2D eigenvalue weighted by Crippen LogP contribution is -2.28. The third-order valence-electron chi connectivity index (χ3n) is 3.35. The van der Waals surface area contributed by atoms with Crippen LogP contribution >= 0.6 is 23.4 Å². The lowest BCUT2D eigenvalue weighted by Gasteiger charge is -2.14. The molecule has 128 valence electrons. The Labute approximate surface area is 150 Å². The van der Waals surface area contributed by atoms with E-state index < -0.39 is 0 Å². The van der Waals surface area contributed by atoms with E-state index >= 15 is 0 Å². The minimum Gasteiger partial charge on any atom is -0.349 e. The molecule has 0 aliphatic rings. The zero-order valence-corrected chi connectivity index (χ0v) is 15.2. The van der Waals surface area contributed by atoms with Gasteiger partial charge in [-0.2, -0.15) is 0 Å². The third kappa shape index (κ3) is 5.69. The highest BCUT2D eigenvalue weighted by Gasteiger charge is 2.11. The predicted octanol–water partition coefficient (Wildman–Crippen LogP) is 3.35. The molecule has 0 saturated carbocycles. The summed E-state index contributed by atoms with van der Waals surface area (Å²) in [5, 5.41) is 4.02. The lowest BCUT2D eigenvalue weighted by molar-refractivity contribution is -0.119. The summed E-state index contributed by atoms with van der Waals surface area (Å²) in [5.74, 6) is 0.0553. The van der Waals surface area contributed by atoms with E-state index in [1.807, 2.05) is 32.0 Å².